The number of carbonyl (C=O) groups is 1. The average molecular weight is 340 g/mol. The number of aromatic nitrogens is 3. The van der Waals surface area contributed by atoms with Crippen molar-refractivity contribution in [3.8, 4) is 0 Å². The van der Waals surface area contributed by atoms with E-state index >= 15 is 0 Å². The van der Waals surface area contributed by atoms with E-state index in [-0.39, 0.29) is 11.7 Å². The molecule has 0 bridgehead atoms. The lowest BCUT2D eigenvalue weighted by Crippen LogP contribution is -2.10. The number of anilines is 1. The van der Waals surface area contributed by atoms with Crippen LogP contribution in [0.25, 0.3) is 0 Å². The van der Waals surface area contributed by atoms with Gasteiger partial charge in [-0.2, -0.15) is 0 Å². The Morgan fingerprint density at radius 3 is 2.71 bits per heavy atom. The van der Waals surface area contributed by atoms with E-state index < -0.39 is 0 Å². The van der Waals surface area contributed by atoms with Gasteiger partial charge in [0.15, 0.2) is 10.9 Å². The topological polar surface area (TPSA) is 80.9 Å². The number of aryl methyl sites for hydroxylation is 2. The van der Waals surface area contributed by atoms with Crippen LogP contribution in [0.1, 0.15) is 27.7 Å². The molecule has 0 spiro atoms. The Labute approximate surface area is 143 Å². The van der Waals surface area contributed by atoms with Crippen LogP contribution < -0.4 is 5.32 Å². The molecule has 1 amide bonds. The zero-order valence-corrected chi connectivity index (χ0v) is 14.1. The molecule has 0 aliphatic heterocycles. The molecule has 3 aromatic heterocycles. The van der Waals surface area contributed by atoms with Crippen molar-refractivity contribution in [2.75, 3.05) is 5.32 Å². The maximum absolute atomic E-state index is 12.1. The number of furan rings is 1. The van der Waals surface area contributed by atoms with Crippen LogP contribution in [0.5, 0.6) is 0 Å². The minimum absolute atomic E-state index is 0.260. The molecule has 1 N–H and O–H groups in total. The van der Waals surface area contributed by atoms with Crippen LogP contribution in [0.3, 0.4) is 0 Å². The third-order valence-electron chi connectivity index (χ3n) is 3.11. The molecule has 0 aromatic carbocycles. The summed E-state index contributed by atoms with van der Waals surface area (Å²) in [4.78, 5) is 24.8. The van der Waals surface area contributed by atoms with Crippen molar-refractivity contribution in [3.63, 3.8) is 0 Å². The highest BCUT2D eigenvalue weighted by atomic mass is 32.2. The SMILES string of the molecule is Cc1cc(C)nc(SCc2ccc(C(=O)Nc3cccnc3)o2)n1. The van der Waals surface area contributed by atoms with Crippen LogP contribution in [-0.4, -0.2) is 20.9 Å². The summed E-state index contributed by atoms with van der Waals surface area (Å²) in [6.07, 6.45) is 3.22. The molecule has 122 valence electrons. The summed E-state index contributed by atoms with van der Waals surface area (Å²) in [7, 11) is 0. The second-order valence-electron chi connectivity index (χ2n) is 5.18. The van der Waals surface area contributed by atoms with Gasteiger partial charge in [0.25, 0.3) is 5.91 Å². The van der Waals surface area contributed by atoms with Crippen LogP contribution in [-0.2, 0) is 5.75 Å². The van der Waals surface area contributed by atoms with Crippen molar-refractivity contribution in [3.05, 3.63) is 65.6 Å². The van der Waals surface area contributed by atoms with Gasteiger partial charge < -0.3 is 9.73 Å². The number of pyridine rings is 1. The largest absolute Gasteiger partial charge is 0.455 e. The molecule has 6 nitrogen and oxygen atoms in total. The monoisotopic (exact) mass is 340 g/mol. The summed E-state index contributed by atoms with van der Waals surface area (Å²) in [6.45, 7) is 3.87. The lowest BCUT2D eigenvalue weighted by atomic mass is 10.3. The van der Waals surface area contributed by atoms with Gasteiger partial charge in [-0.05, 0) is 44.2 Å². The fourth-order valence-corrected chi connectivity index (χ4v) is 2.94. The van der Waals surface area contributed by atoms with Gasteiger partial charge in [0, 0.05) is 17.6 Å². The van der Waals surface area contributed by atoms with Crippen molar-refractivity contribution in [1.82, 2.24) is 15.0 Å². The van der Waals surface area contributed by atoms with Gasteiger partial charge in [-0.1, -0.05) is 11.8 Å². The first-order valence-corrected chi connectivity index (χ1v) is 8.34. The van der Waals surface area contributed by atoms with E-state index in [9.17, 15) is 4.79 Å². The molecule has 0 saturated carbocycles. The predicted octanol–water partition coefficient (Wildman–Crippen LogP) is 3.63. The van der Waals surface area contributed by atoms with E-state index in [4.69, 9.17) is 4.42 Å². The zero-order valence-electron chi connectivity index (χ0n) is 13.3. The first-order valence-electron chi connectivity index (χ1n) is 7.35. The van der Waals surface area contributed by atoms with E-state index in [2.05, 4.69) is 20.3 Å². The van der Waals surface area contributed by atoms with Crippen molar-refractivity contribution in [2.24, 2.45) is 0 Å². The Morgan fingerprint density at radius 1 is 1.21 bits per heavy atom. The van der Waals surface area contributed by atoms with Crippen LogP contribution in [0, 0.1) is 13.8 Å². The Kier molecular flexibility index (Phi) is 4.90. The molecule has 0 aliphatic carbocycles. The Bertz CT molecular complexity index is 829. The first-order chi connectivity index (χ1) is 11.6. The number of hydrogen-bond acceptors (Lipinski definition) is 6. The zero-order chi connectivity index (χ0) is 16.9. The number of carbonyl (C=O) groups excluding carboxylic acids is 1. The Morgan fingerprint density at radius 2 is 2.00 bits per heavy atom. The summed E-state index contributed by atoms with van der Waals surface area (Å²) in [6, 6.07) is 8.89. The summed E-state index contributed by atoms with van der Waals surface area (Å²) in [5, 5.41) is 3.43. The molecule has 3 rings (SSSR count). The summed E-state index contributed by atoms with van der Waals surface area (Å²) in [5.74, 6) is 1.21. The predicted molar refractivity (Wildman–Crippen MR) is 92.0 cm³/mol. The number of rotatable bonds is 5. The van der Waals surface area contributed by atoms with E-state index in [0.717, 1.165) is 11.4 Å². The van der Waals surface area contributed by atoms with Crippen molar-refractivity contribution < 1.29 is 9.21 Å². The maximum Gasteiger partial charge on any atom is 0.291 e. The van der Waals surface area contributed by atoms with Gasteiger partial charge in [-0.15, -0.1) is 0 Å². The Balaban J connectivity index is 1.62. The molecule has 0 radical (unpaired) electrons. The number of nitrogens with one attached hydrogen (secondary N) is 1. The highest BCUT2D eigenvalue weighted by Gasteiger charge is 2.12. The van der Waals surface area contributed by atoms with Crippen LogP contribution in [0.2, 0.25) is 0 Å². The number of amides is 1. The summed E-state index contributed by atoms with van der Waals surface area (Å²) in [5.41, 5.74) is 2.49. The van der Waals surface area contributed by atoms with Gasteiger partial charge in [-0.25, -0.2) is 9.97 Å². The number of hydrogen-bond donors (Lipinski definition) is 1. The van der Waals surface area contributed by atoms with Crippen molar-refractivity contribution in [2.45, 2.75) is 24.8 Å². The molecular formula is C17H16N4O2S. The maximum atomic E-state index is 12.1. The van der Waals surface area contributed by atoms with E-state index in [1.54, 1.807) is 36.7 Å². The molecule has 0 atom stereocenters. The first kappa shape index (κ1) is 16.2. The van der Waals surface area contributed by atoms with Crippen LogP contribution in [0.4, 0.5) is 5.69 Å². The number of thioether (sulfide) groups is 1. The second-order valence-corrected chi connectivity index (χ2v) is 6.13. The molecule has 7 heteroatoms. The molecule has 24 heavy (non-hydrogen) atoms. The normalized spacial score (nSPS) is 10.6. The van der Waals surface area contributed by atoms with Crippen molar-refractivity contribution >= 4 is 23.4 Å². The fourth-order valence-electron chi connectivity index (χ4n) is 2.10. The third-order valence-corrected chi connectivity index (χ3v) is 3.98. The minimum Gasteiger partial charge on any atom is -0.455 e. The van der Waals surface area contributed by atoms with E-state index in [0.29, 0.717) is 22.4 Å². The molecular weight excluding hydrogens is 324 g/mol. The van der Waals surface area contributed by atoms with Gasteiger partial charge in [0.1, 0.15) is 5.76 Å². The van der Waals surface area contributed by atoms with Crippen LogP contribution in [0.15, 0.2) is 52.3 Å². The van der Waals surface area contributed by atoms with Gasteiger partial charge in [0.2, 0.25) is 0 Å². The van der Waals surface area contributed by atoms with Gasteiger partial charge >= 0.3 is 0 Å². The number of nitrogens with zero attached hydrogens (tertiary/aromatic N) is 3. The molecule has 0 unspecified atom stereocenters. The quantitative estimate of drug-likeness (QED) is 0.564. The van der Waals surface area contributed by atoms with E-state index in [1.807, 2.05) is 19.9 Å². The smallest absolute Gasteiger partial charge is 0.291 e. The highest BCUT2D eigenvalue weighted by Crippen LogP contribution is 2.21. The van der Waals surface area contributed by atoms with Crippen LogP contribution >= 0.6 is 11.8 Å². The molecule has 0 aliphatic rings. The summed E-state index contributed by atoms with van der Waals surface area (Å²) >= 11 is 1.47. The Hall–Kier alpha value is -2.67. The lowest BCUT2D eigenvalue weighted by molar-refractivity contribution is 0.0995. The third kappa shape index (κ3) is 4.20. The fraction of sp³-hybridized carbons (Fsp3) is 0.176. The molecule has 0 fully saturated rings. The molecule has 3 heterocycles. The van der Waals surface area contributed by atoms with Gasteiger partial charge in [0.05, 0.1) is 17.6 Å². The minimum atomic E-state index is -0.304. The second kappa shape index (κ2) is 7.27. The summed E-state index contributed by atoms with van der Waals surface area (Å²) < 4.78 is 5.59. The standard InChI is InChI=1S/C17H16N4O2S/c1-11-8-12(2)20-17(19-11)24-10-14-5-6-15(23-14)16(22)21-13-4-3-7-18-9-13/h3-9H,10H2,1-2H3,(H,21,22). The molecule has 0 saturated heterocycles. The molecule has 3 aromatic rings. The van der Waals surface area contributed by atoms with Crippen molar-refractivity contribution in [1.29, 1.82) is 0 Å². The lowest BCUT2D eigenvalue weighted by Gasteiger charge is -2.02. The average Bonchev–Trinajstić information content (AvgIpc) is 3.02. The van der Waals surface area contributed by atoms with E-state index in [1.165, 1.54) is 11.8 Å². The van der Waals surface area contributed by atoms with Gasteiger partial charge in [-0.3, -0.25) is 9.78 Å². The highest BCUT2D eigenvalue weighted by molar-refractivity contribution is 7.98.